The van der Waals surface area contributed by atoms with Crippen LogP contribution in [0.5, 0.6) is 0 Å². The summed E-state index contributed by atoms with van der Waals surface area (Å²) in [6, 6.07) is 20.8. The van der Waals surface area contributed by atoms with Crippen molar-refractivity contribution in [1.82, 2.24) is 16.0 Å². The first-order valence-electron chi connectivity index (χ1n) is 11.8. The molecule has 1 saturated carbocycles. The molecule has 186 valence electrons. The molecule has 0 atom stereocenters. The van der Waals surface area contributed by atoms with Crippen molar-refractivity contribution in [2.45, 2.75) is 24.9 Å². The molecule has 4 rings (SSSR count). The first-order chi connectivity index (χ1) is 17.9. The van der Waals surface area contributed by atoms with Crippen LogP contribution in [0.1, 0.15) is 39.9 Å². The summed E-state index contributed by atoms with van der Waals surface area (Å²) in [4.78, 5) is 37.3. The zero-order valence-electron chi connectivity index (χ0n) is 20.2. The first kappa shape index (κ1) is 25.2. The Bertz CT molecular complexity index is 1460. The number of nitrogens with one attached hydrogen (secondary N) is 3. The maximum atomic E-state index is 13.5. The average molecular weight is 494 g/mol. The van der Waals surface area contributed by atoms with Crippen LogP contribution in [0.4, 0.5) is 0 Å². The lowest BCUT2D eigenvalue weighted by Gasteiger charge is -2.22. The van der Waals surface area contributed by atoms with Crippen molar-refractivity contribution in [1.29, 1.82) is 5.26 Å². The van der Waals surface area contributed by atoms with Crippen LogP contribution in [0.2, 0.25) is 0 Å². The summed E-state index contributed by atoms with van der Waals surface area (Å²) in [6.45, 7) is 3.58. The van der Waals surface area contributed by atoms with E-state index in [1.54, 1.807) is 36.4 Å². The van der Waals surface area contributed by atoms with Crippen LogP contribution in [0.15, 0.2) is 79.5 Å². The fraction of sp³-hybridized carbons (Fsp3) is 0.172. The van der Waals surface area contributed by atoms with Gasteiger partial charge in [0.1, 0.15) is 6.54 Å². The standard InChI is InChI=1S/C29H27N5O3/c1-2-19(17-31)22-15-20-7-3-5-9-23(20)25(16-22)29(11-12-29)34-26(35)24-10-6-4-8-21(24)18-33-28(37)27(36)32-14-13-30/h2-10,15-17H,1,11-12,14,18,31H2,(H,32,36)(H,33,37)(H,34,35)/b19-17+. The van der Waals surface area contributed by atoms with Crippen LogP contribution in [-0.4, -0.2) is 24.3 Å². The van der Waals surface area contributed by atoms with E-state index < -0.39 is 17.4 Å². The van der Waals surface area contributed by atoms with Gasteiger partial charge in [0, 0.05) is 18.3 Å². The molecular formula is C29H27N5O3. The van der Waals surface area contributed by atoms with E-state index >= 15 is 0 Å². The minimum absolute atomic E-state index is 0.0161. The largest absolute Gasteiger partial charge is 0.404 e. The van der Waals surface area contributed by atoms with E-state index in [1.165, 1.54) is 6.20 Å². The molecule has 0 spiro atoms. The Morgan fingerprint density at radius 3 is 2.43 bits per heavy atom. The molecule has 1 fully saturated rings. The van der Waals surface area contributed by atoms with E-state index in [0.717, 1.165) is 40.3 Å². The van der Waals surface area contributed by atoms with Gasteiger partial charge in [-0.15, -0.1) is 0 Å². The van der Waals surface area contributed by atoms with E-state index in [2.05, 4.69) is 34.7 Å². The van der Waals surface area contributed by atoms with Crippen LogP contribution in [0.3, 0.4) is 0 Å². The summed E-state index contributed by atoms with van der Waals surface area (Å²) >= 11 is 0. The molecule has 0 aliphatic heterocycles. The number of rotatable bonds is 8. The number of carbonyl (C=O) groups is 3. The highest BCUT2D eigenvalue weighted by atomic mass is 16.2. The summed E-state index contributed by atoms with van der Waals surface area (Å²) in [7, 11) is 0. The molecule has 0 saturated heterocycles. The van der Waals surface area contributed by atoms with Crippen molar-refractivity contribution in [2.24, 2.45) is 5.73 Å². The third-order valence-corrected chi connectivity index (χ3v) is 6.45. The number of carbonyl (C=O) groups excluding carboxylic acids is 3. The number of hydrogen-bond acceptors (Lipinski definition) is 5. The van der Waals surface area contributed by atoms with Crippen LogP contribution in [-0.2, 0) is 21.7 Å². The summed E-state index contributed by atoms with van der Waals surface area (Å²) in [5.74, 6) is -2.06. The maximum absolute atomic E-state index is 13.5. The Morgan fingerprint density at radius 2 is 1.73 bits per heavy atom. The van der Waals surface area contributed by atoms with Gasteiger partial charge in [-0.25, -0.2) is 0 Å². The summed E-state index contributed by atoms with van der Waals surface area (Å²) in [5.41, 5.74) is 8.99. The Hall–Kier alpha value is -4.90. The normalized spacial score (nSPS) is 13.8. The van der Waals surface area contributed by atoms with E-state index in [9.17, 15) is 14.4 Å². The van der Waals surface area contributed by atoms with Gasteiger partial charge in [0.05, 0.1) is 11.6 Å². The molecule has 8 heteroatoms. The molecule has 1 aliphatic rings. The molecular weight excluding hydrogens is 466 g/mol. The molecule has 3 aromatic carbocycles. The minimum atomic E-state index is -0.905. The number of nitriles is 1. The van der Waals surface area contributed by atoms with Gasteiger partial charge in [-0.3, -0.25) is 14.4 Å². The highest BCUT2D eigenvalue weighted by Crippen LogP contribution is 2.49. The van der Waals surface area contributed by atoms with Crippen LogP contribution in [0, 0.1) is 11.3 Å². The van der Waals surface area contributed by atoms with Gasteiger partial charge >= 0.3 is 11.8 Å². The third-order valence-electron chi connectivity index (χ3n) is 6.45. The number of fused-ring (bicyclic) bond motifs is 1. The molecule has 8 nitrogen and oxygen atoms in total. The average Bonchev–Trinajstić information content (AvgIpc) is 3.70. The predicted molar refractivity (Wildman–Crippen MR) is 142 cm³/mol. The van der Waals surface area contributed by atoms with E-state index in [-0.39, 0.29) is 19.0 Å². The molecule has 0 radical (unpaired) electrons. The lowest BCUT2D eigenvalue weighted by atomic mass is 9.91. The Kier molecular flexibility index (Phi) is 7.35. The number of nitrogens with two attached hydrogens (primary N) is 1. The number of nitrogens with zero attached hydrogens (tertiary/aromatic N) is 1. The van der Waals surface area contributed by atoms with Crippen molar-refractivity contribution in [3.05, 3.63) is 102 Å². The zero-order chi connectivity index (χ0) is 26.4. The first-order valence-corrected chi connectivity index (χ1v) is 11.8. The molecule has 0 aromatic heterocycles. The number of benzene rings is 3. The number of amides is 3. The Labute approximate surface area is 214 Å². The van der Waals surface area contributed by atoms with Crippen LogP contribution < -0.4 is 21.7 Å². The monoisotopic (exact) mass is 493 g/mol. The molecule has 3 aromatic rings. The second-order valence-electron chi connectivity index (χ2n) is 8.79. The highest BCUT2D eigenvalue weighted by Gasteiger charge is 2.47. The van der Waals surface area contributed by atoms with Gasteiger partial charge in [-0.1, -0.05) is 55.1 Å². The molecule has 0 heterocycles. The van der Waals surface area contributed by atoms with Gasteiger partial charge in [0.2, 0.25) is 0 Å². The summed E-state index contributed by atoms with van der Waals surface area (Å²) < 4.78 is 0. The van der Waals surface area contributed by atoms with E-state index in [4.69, 9.17) is 11.0 Å². The van der Waals surface area contributed by atoms with Crippen LogP contribution >= 0.6 is 0 Å². The fourth-order valence-corrected chi connectivity index (χ4v) is 4.38. The number of allylic oxidation sites excluding steroid dienone is 2. The Balaban J connectivity index is 1.60. The fourth-order valence-electron chi connectivity index (χ4n) is 4.38. The second kappa shape index (κ2) is 10.8. The lowest BCUT2D eigenvalue weighted by Crippen LogP contribution is -2.40. The molecule has 37 heavy (non-hydrogen) atoms. The van der Waals surface area contributed by atoms with Gasteiger partial charge in [-0.2, -0.15) is 5.26 Å². The van der Waals surface area contributed by atoms with Gasteiger partial charge in [0.25, 0.3) is 5.91 Å². The molecule has 0 bridgehead atoms. The van der Waals surface area contributed by atoms with Gasteiger partial charge in [0.15, 0.2) is 0 Å². The third kappa shape index (κ3) is 5.36. The SMILES string of the molecule is C=C/C(=C\N)c1cc(C2(NC(=O)c3ccccc3CNC(=O)C(=O)NCC#N)CC2)c2ccccc2c1. The van der Waals surface area contributed by atoms with Crippen LogP contribution in [0.25, 0.3) is 16.3 Å². The minimum Gasteiger partial charge on any atom is -0.404 e. The predicted octanol–water partition coefficient (Wildman–Crippen LogP) is 3.00. The molecule has 0 unspecified atom stereocenters. The molecule has 1 aliphatic carbocycles. The van der Waals surface area contributed by atoms with Crippen molar-refractivity contribution >= 4 is 34.1 Å². The lowest BCUT2D eigenvalue weighted by molar-refractivity contribution is -0.139. The summed E-state index contributed by atoms with van der Waals surface area (Å²) in [6.07, 6.45) is 4.78. The quantitative estimate of drug-likeness (QED) is 0.217. The molecule has 5 N–H and O–H groups in total. The van der Waals surface area contributed by atoms with Gasteiger partial charge < -0.3 is 21.7 Å². The van der Waals surface area contributed by atoms with Crippen molar-refractivity contribution < 1.29 is 14.4 Å². The van der Waals surface area contributed by atoms with Gasteiger partial charge in [-0.05, 0) is 64.1 Å². The maximum Gasteiger partial charge on any atom is 0.310 e. The second-order valence-corrected chi connectivity index (χ2v) is 8.79. The summed E-state index contributed by atoms with van der Waals surface area (Å²) in [5, 5.41) is 18.6. The van der Waals surface area contributed by atoms with Crippen molar-refractivity contribution in [2.75, 3.05) is 6.54 Å². The van der Waals surface area contributed by atoms with Crippen molar-refractivity contribution in [3.8, 4) is 6.07 Å². The molecule has 3 amide bonds. The highest BCUT2D eigenvalue weighted by molar-refractivity contribution is 6.35. The topological polar surface area (TPSA) is 137 Å². The Morgan fingerprint density at radius 1 is 1.03 bits per heavy atom. The van der Waals surface area contributed by atoms with E-state index in [0.29, 0.717) is 11.1 Å². The zero-order valence-corrected chi connectivity index (χ0v) is 20.2. The number of hydrogen-bond donors (Lipinski definition) is 4. The van der Waals surface area contributed by atoms with Crippen molar-refractivity contribution in [3.63, 3.8) is 0 Å². The van der Waals surface area contributed by atoms with E-state index in [1.807, 2.05) is 24.3 Å². The smallest absolute Gasteiger partial charge is 0.310 e.